The number of aromatic nitrogens is 1. The molecule has 0 aliphatic carbocycles. The molecule has 1 saturated heterocycles. The van der Waals surface area contributed by atoms with Crippen LogP contribution in [-0.4, -0.2) is 35.9 Å². The predicted octanol–water partition coefficient (Wildman–Crippen LogP) is 4.59. The average Bonchev–Trinajstić information content (AvgIpc) is 3.46. The second kappa shape index (κ2) is 9.09. The largest absolute Gasteiger partial charge is 0.487 e. The van der Waals surface area contributed by atoms with Gasteiger partial charge in [0.1, 0.15) is 12.4 Å². The van der Waals surface area contributed by atoms with Crippen molar-refractivity contribution in [3.63, 3.8) is 0 Å². The number of rotatable bonds is 7. The first-order valence-corrected chi connectivity index (χ1v) is 10.8. The zero-order valence-corrected chi connectivity index (χ0v) is 17.4. The predicted molar refractivity (Wildman–Crippen MR) is 117 cm³/mol. The van der Waals surface area contributed by atoms with Crippen molar-refractivity contribution in [2.45, 2.75) is 26.0 Å². The highest BCUT2D eigenvalue weighted by Gasteiger charge is 2.18. The summed E-state index contributed by atoms with van der Waals surface area (Å²) in [5, 5.41) is 1.96. The summed E-state index contributed by atoms with van der Waals surface area (Å²) in [5.41, 5.74) is 5.73. The van der Waals surface area contributed by atoms with Gasteiger partial charge in [-0.3, -0.25) is 4.79 Å². The summed E-state index contributed by atoms with van der Waals surface area (Å²) in [6.45, 7) is 3.16. The minimum atomic E-state index is -0.0136. The van der Waals surface area contributed by atoms with E-state index in [9.17, 15) is 4.79 Å². The van der Waals surface area contributed by atoms with Gasteiger partial charge in [0, 0.05) is 43.3 Å². The second-order valence-corrected chi connectivity index (χ2v) is 8.00. The van der Waals surface area contributed by atoms with E-state index in [0.29, 0.717) is 24.5 Å². The van der Waals surface area contributed by atoms with Crippen molar-refractivity contribution in [1.29, 1.82) is 0 Å². The molecule has 1 aliphatic heterocycles. The Labute approximate surface area is 175 Å². The molecule has 1 fully saturated rings. The smallest absolute Gasteiger partial charge is 0.254 e. The maximum Gasteiger partial charge on any atom is 0.254 e. The molecule has 29 heavy (non-hydrogen) atoms. The number of thiazole rings is 1. The van der Waals surface area contributed by atoms with E-state index in [1.807, 2.05) is 36.7 Å². The van der Waals surface area contributed by atoms with Crippen LogP contribution >= 0.6 is 11.3 Å². The molecule has 3 aromatic rings. The summed E-state index contributed by atoms with van der Waals surface area (Å²) in [5.74, 6) is 0.662. The first-order chi connectivity index (χ1) is 14.2. The minimum absolute atomic E-state index is 0.0136. The normalized spacial score (nSPS) is 13.5. The molecular formula is C23H25N3O2S. The lowest BCUT2D eigenvalue weighted by Gasteiger charge is -2.24. The van der Waals surface area contributed by atoms with E-state index in [-0.39, 0.29) is 5.91 Å². The highest BCUT2D eigenvalue weighted by molar-refractivity contribution is 7.07. The monoisotopic (exact) mass is 407 g/mol. The van der Waals surface area contributed by atoms with Crippen molar-refractivity contribution in [1.82, 2.24) is 9.88 Å². The highest BCUT2D eigenvalue weighted by Crippen LogP contribution is 2.26. The van der Waals surface area contributed by atoms with E-state index in [4.69, 9.17) is 4.74 Å². The van der Waals surface area contributed by atoms with E-state index < -0.39 is 0 Å². The molecule has 4 rings (SSSR count). The van der Waals surface area contributed by atoms with Gasteiger partial charge in [0.05, 0.1) is 11.2 Å². The van der Waals surface area contributed by atoms with Crippen LogP contribution in [0.25, 0.3) is 0 Å². The molecule has 0 saturated carbocycles. The zero-order chi connectivity index (χ0) is 20.1. The molecule has 1 aliphatic rings. The Balaban J connectivity index is 1.44. The van der Waals surface area contributed by atoms with Crippen LogP contribution in [0.3, 0.4) is 0 Å². The van der Waals surface area contributed by atoms with Crippen LogP contribution in [0.15, 0.2) is 59.4 Å². The van der Waals surface area contributed by atoms with E-state index in [0.717, 1.165) is 18.8 Å². The fourth-order valence-corrected chi connectivity index (χ4v) is 4.19. The van der Waals surface area contributed by atoms with Crippen molar-refractivity contribution in [2.75, 3.05) is 25.0 Å². The van der Waals surface area contributed by atoms with Crippen LogP contribution < -0.4 is 9.64 Å². The molecular weight excluding hydrogens is 382 g/mol. The molecule has 2 heterocycles. The third-order valence-electron chi connectivity index (χ3n) is 5.14. The summed E-state index contributed by atoms with van der Waals surface area (Å²) in [4.78, 5) is 21.4. The Morgan fingerprint density at radius 2 is 2.00 bits per heavy atom. The summed E-state index contributed by atoms with van der Waals surface area (Å²) in [7, 11) is 1.85. The van der Waals surface area contributed by atoms with Gasteiger partial charge in [-0.05, 0) is 42.7 Å². The summed E-state index contributed by atoms with van der Waals surface area (Å²) in [6, 6.07) is 15.7. The molecule has 0 spiro atoms. The van der Waals surface area contributed by atoms with Crippen molar-refractivity contribution >= 4 is 22.9 Å². The van der Waals surface area contributed by atoms with Gasteiger partial charge in [0.15, 0.2) is 0 Å². The number of nitrogens with zero attached hydrogens (tertiary/aromatic N) is 3. The highest BCUT2D eigenvalue weighted by atomic mass is 32.1. The third kappa shape index (κ3) is 4.77. The Morgan fingerprint density at radius 1 is 1.17 bits per heavy atom. The van der Waals surface area contributed by atoms with E-state index in [1.165, 1.54) is 24.1 Å². The molecule has 1 aromatic heterocycles. The van der Waals surface area contributed by atoms with Gasteiger partial charge in [-0.25, -0.2) is 4.98 Å². The third-order valence-corrected chi connectivity index (χ3v) is 5.78. The van der Waals surface area contributed by atoms with E-state index in [2.05, 4.69) is 28.1 Å². The number of benzene rings is 2. The molecule has 0 N–H and O–H groups in total. The van der Waals surface area contributed by atoms with Crippen molar-refractivity contribution in [3.05, 3.63) is 76.2 Å². The number of hydrogen-bond donors (Lipinski definition) is 0. The molecule has 5 nitrogen and oxygen atoms in total. The number of para-hydroxylation sites is 1. The number of carbonyl (C=O) groups excluding carboxylic acids is 1. The Bertz CT molecular complexity index is 952. The maximum absolute atomic E-state index is 13.0. The molecule has 150 valence electrons. The molecule has 0 radical (unpaired) electrons. The Kier molecular flexibility index (Phi) is 6.10. The summed E-state index contributed by atoms with van der Waals surface area (Å²) >= 11 is 1.54. The SMILES string of the molecule is CN(Cc1ccccc1N1CCCC1)C(=O)c1cccc(OCc2cscn2)c1. The summed E-state index contributed by atoms with van der Waals surface area (Å²) in [6.07, 6.45) is 2.47. The van der Waals surface area contributed by atoms with Crippen LogP contribution in [0.1, 0.15) is 34.5 Å². The molecule has 1 amide bonds. The Morgan fingerprint density at radius 3 is 2.79 bits per heavy atom. The topological polar surface area (TPSA) is 45.7 Å². The zero-order valence-electron chi connectivity index (χ0n) is 16.6. The van der Waals surface area contributed by atoms with E-state index in [1.54, 1.807) is 27.8 Å². The number of hydrogen-bond acceptors (Lipinski definition) is 5. The van der Waals surface area contributed by atoms with Gasteiger partial charge in [0.2, 0.25) is 0 Å². The second-order valence-electron chi connectivity index (χ2n) is 7.28. The van der Waals surface area contributed by atoms with Crippen LogP contribution in [0.2, 0.25) is 0 Å². The van der Waals surface area contributed by atoms with Gasteiger partial charge in [-0.1, -0.05) is 24.3 Å². The Hall–Kier alpha value is -2.86. The van der Waals surface area contributed by atoms with Crippen molar-refractivity contribution in [3.8, 4) is 5.75 Å². The van der Waals surface area contributed by atoms with Crippen LogP contribution in [-0.2, 0) is 13.2 Å². The number of amides is 1. The quantitative estimate of drug-likeness (QED) is 0.574. The van der Waals surface area contributed by atoms with Gasteiger partial charge >= 0.3 is 0 Å². The lowest BCUT2D eigenvalue weighted by atomic mass is 10.1. The number of carbonyl (C=O) groups is 1. The van der Waals surface area contributed by atoms with Gasteiger partial charge in [-0.2, -0.15) is 0 Å². The maximum atomic E-state index is 13.0. The van der Waals surface area contributed by atoms with Gasteiger partial charge in [-0.15, -0.1) is 11.3 Å². The van der Waals surface area contributed by atoms with Gasteiger partial charge in [0.25, 0.3) is 5.91 Å². The molecule has 2 aromatic carbocycles. The standard InChI is InChI=1S/C23H25N3O2S/c1-25(14-19-7-2-3-10-22(19)26-11-4-5-12-26)23(27)18-8-6-9-21(13-18)28-15-20-16-29-17-24-20/h2-3,6-10,13,16-17H,4-5,11-12,14-15H2,1H3. The first kappa shape index (κ1) is 19.5. The average molecular weight is 408 g/mol. The fraction of sp³-hybridized carbons (Fsp3) is 0.304. The van der Waals surface area contributed by atoms with Gasteiger partial charge < -0.3 is 14.5 Å². The molecule has 6 heteroatoms. The van der Waals surface area contributed by atoms with Crippen molar-refractivity contribution < 1.29 is 9.53 Å². The lowest BCUT2D eigenvalue weighted by molar-refractivity contribution is 0.0785. The first-order valence-electron chi connectivity index (χ1n) is 9.89. The van der Waals surface area contributed by atoms with Crippen LogP contribution in [0, 0.1) is 0 Å². The van der Waals surface area contributed by atoms with Crippen molar-refractivity contribution in [2.24, 2.45) is 0 Å². The van der Waals surface area contributed by atoms with Crippen LogP contribution in [0.5, 0.6) is 5.75 Å². The fourth-order valence-electron chi connectivity index (χ4n) is 3.64. The number of ether oxygens (including phenoxy) is 1. The molecule has 0 bridgehead atoms. The summed E-state index contributed by atoms with van der Waals surface area (Å²) < 4.78 is 5.79. The van der Waals surface area contributed by atoms with Crippen LogP contribution in [0.4, 0.5) is 5.69 Å². The lowest BCUT2D eigenvalue weighted by Crippen LogP contribution is -2.28. The minimum Gasteiger partial charge on any atom is -0.487 e. The van der Waals surface area contributed by atoms with E-state index >= 15 is 0 Å². The number of anilines is 1. The molecule has 0 unspecified atom stereocenters. The molecule has 0 atom stereocenters.